The van der Waals surface area contributed by atoms with Crippen LogP contribution in [0.25, 0.3) is 0 Å². The average molecular weight is 263 g/mol. The molecule has 0 aromatic heterocycles. The first-order valence-electron chi connectivity index (χ1n) is 6.77. The molecule has 0 bridgehead atoms. The van der Waals surface area contributed by atoms with Crippen molar-refractivity contribution in [3.63, 3.8) is 0 Å². The number of ether oxygens (including phenoxy) is 1. The van der Waals surface area contributed by atoms with Crippen molar-refractivity contribution in [1.29, 1.82) is 0 Å². The number of benzene rings is 1. The van der Waals surface area contributed by atoms with E-state index in [-0.39, 0.29) is 0 Å². The Labute approximate surface area is 113 Å². The molecule has 1 heterocycles. The zero-order valence-electron chi connectivity index (χ0n) is 11.1. The Morgan fingerprint density at radius 3 is 2.72 bits per heavy atom. The minimum absolute atomic E-state index is 0.355. The van der Waals surface area contributed by atoms with Gasteiger partial charge in [0.15, 0.2) is 0 Å². The number of para-hydroxylation sites is 1. The van der Waals surface area contributed by atoms with Crippen LogP contribution in [-0.4, -0.2) is 24.2 Å². The van der Waals surface area contributed by atoms with E-state index in [9.17, 15) is 0 Å². The van der Waals surface area contributed by atoms with E-state index in [2.05, 4.69) is 42.9 Å². The molecule has 2 unspecified atom stereocenters. The van der Waals surface area contributed by atoms with Crippen LogP contribution in [0.1, 0.15) is 37.3 Å². The number of hydrogen-bond donors (Lipinski definition) is 1. The van der Waals surface area contributed by atoms with Gasteiger partial charge in [-0.1, -0.05) is 24.6 Å². The summed E-state index contributed by atoms with van der Waals surface area (Å²) in [6.45, 7) is 0. The molecule has 0 amide bonds. The molecule has 1 saturated carbocycles. The summed E-state index contributed by atoms with van der Waals surface area (Å²) in [6, 6.07) is 8.89. The first kappa shape index (κ1) is 12.4. The van der Waals surface area contributed by atoms with E-state index in [1.54, 1.807) is 0 Å². The zero-order chi connectivity index (χ0) is 12.6. The molecule has 2 atom stereocenters. The smallest absolute Gasteiger partial charge is 0.124 e. The molecule has 0 radical (unpaired) electrons. The average Bonchev–Trinajstić information content (AvgIpc) is 2.37. The van der Waals surface area contributed by atoms with Gasteiger partial charge in [0.2, 0.25) is 0 Å². The predicted molar refractivity (Wildman–Crippen MR) is 77.4 cm³/mol. The molecule has 1 aromatic rings. The second-order valence-corrected chi connectivity index (χ2v) is 6.57. The standard InChI is InChI=1S/C15H21NOS/c1-16-12-10-14(15(18-2)8-5-9-15)17-13-7-4-3-6-11(12)13/h3-4,6-7,12,14,16H,5,8-10H2,1-2H3. The van der Waals surface area contributed by atoms with Crippen LogP contribution in [0.3, 0.4) is 0 Å². The van der Waals surface area contributed by atoms with Crippen LogP contribution in [0, 0.1) is 0 Å². The van der Waals surface area contributed by atoms with Gasteiger partial charge in [0, 0.05) is 18.0 Å². The van der Waals surface area contributed by atoms with Crippen molar-refractivity contribution in [2.75, 3.05) is 13.3 Å². The maximum absolute atomic E-state index is 6.30. The Hall–Kier alpha value is -0.670. The Morgan fingerprint density at radius 2 is 2.11 bits per heavy atom. The summed E-state index contributed by atoms with van der Waals surface area (Å²) in [4.78, 5) is 0. The number of nitrogens with one attached hydrogen (secondary N) is 1. The third kappa shape index (κ3) is 1.84. The predicted octanol–water partition coefficient (Wildman–Crippen LogP) is 3.38. The first-order chi connectivity index (χ1) is 8.79. The molecule has 2 aliphatic rings. The molecule has 1 N–H and O–H groups in total. The van der Waals surface area contributed by atoms with Gasteiger partial charge in [-0.05, 0) is 32.2 Å². The second-order valence-electron chi connectivity index (χ2n) is 5.34. The van der Waals surface area contributed by atoms with Gasteiger partial charge in [-0.15, -0.1) is 0 Å². The Kier molecular flexibility index (Phi) is 3.29. The summed E-state index contributed by atoms with van der Waals surface area (Å²) in [5.41, 5.74) is 1.31. The summed E-state index contributed by atoms with van der Waals surface area (Å²) in [7, 11) is 2.05. The molecule has 98 valence electrons. The highest BCUT2D eigenvalue weighted by atomic mass is 32.2. The monoisotopic (exact) mass is 263 g/mol. The van der Waals surface area contributed by atoms with Crippen LogP contribution in [0.15, 0.2) is 24.3 Å². The molecule has 0 spiro atoms. The van der Waals surface area contributed by atoms with Crippen molar-refractivity contribution in [3.05, 3.63) is 29.8 Å². The van der Waals surface area contributed by atoms with E-state index < -0.39 is 0 Å². The molecular weight excluding hydrogens is 242 g/mol. The Balaban J connectivity index is 1.89. The van der Waals surface area contributed by atoms with E-state index in [0.717, 1.165) is 12.2 Å². The third-order valence-corrected chi connectivity index (χ3v) is 6.04. The molecule has 18 heavy (non-hydrogen) atoms. The SMILES string of the molecule is CNC1CC(C2(SC)CCC2)Oc2ccccc21. The fourth-order valence-electron chi connectivity index (χ4n) is 3.20. The Bertz CT molecular complexity index is 425. The summed E-state index contributed by atoms with van der Waals surface area (Å²) in [6.07, 6.45) is 7.64. The van der Waals surface area contributed by atoms with Gasteiger partial charge < -0.3 is 10.1 Å². The van der Waals surface area contributed by atoms with Crippen molar-refractivity contribution >= 4 is 11.8 Å². The quantitative estimate of drug-likeness (QED) is 0.903. The fraction of sp³-hybridized carbons (Fsp3) is 0.600. The van der Waals surface area contributed by atoms with E-state index in [4.69, 9.17) is 4.74 Å². The van der Waals surface area contributed by atoms with Crippen molar-refractivity contribution in [2.24, 2.45) is 0 Å². The maximum atomic E-state index is 6.30. The van der Waals surface area contributed by atoms with E-state index in [0.29, 0.717) is 16.9 Å². The van der Waals surface area contributed by atoms with E-state index in [1.165, 1.54) is 24.8 Å². The molecule has 3 rings (SSSR count). The lowest BCUT2D eigenvalue weighted by atomic mass is 9.76. The van der Waals surface area contributed by atoms with Crippen LogP contribution in [0.4, 0.5) is 0 Å². The van der Waals surface area contributed by atoms with Gasteiger partial charge in [-0.2, -0.15) is 11.8 Å². The molecular formula is C15H21NOS. The van der Waals surface area contributed by atoms with Crippen molar-refractivity contribution in [1.82, 2.24) is 5.32 Å². The normalized spacial score (nSPS) is 29.0. The summed E-state index contributed by atoms with van der Waals surface area (Å²) in [5, 5.41) is 3.45. The number of hydrogen-bond acceptors (Lipinski definition) is 3. The highest BCUT2D eigenvalue weighted by Crippen LogP contribution is 2.51. The molecule has 1 aromatic carbocycles. The number of fused-ring (bicyclic) bond motifs is 1. The Morgan fingerprint density at radius 1 is 1.33 bits per heavy atom. The van der Waals surface area contributed by atoms with Crippen LogP contribution in [0.2, 0.25) is 0 Å². The minimum atomic E-state index is 0.355. The summed E-state index contributed by atoms with van der Waals surface area (Å²) >= 11 is 2.00. The van der Waals surface area contributed by atoms with Crippen molar-refractivity contribution < 1.29 is 4.74 Å². The lowest BCUT2D eigenvalue weighted by molar-refractivity contribution is 0.0767. The second kappa shape index (κ2) is 4.78. The summed E-state index contributed by atoms with van der Waals surface area (Å²) < 4.78 is 6.67. The van der Waals surface area contributed by atoms with Gasteiger partial charge in [0.1, 0.15) is 11.9 Å². The molecule has 2 nitrogen and oxygen atoms in total. The van der Waals surface area contributed by atoms with Crippen molar-refractivity contribution in [2.45, 2.75) is 42.6 Å². The first-order valence-corrected chi connectivity index (χ1v) is 7.99. The highest BCUT2D eigenvalue weighted by molar-refractivity contribution is 8.00. The van der Waals surface area contributed by atoms with Gasteiger partial charge >= 0.3 is 0 Å². The molecule has 1 aliphatic heterocycles. The van der Waals surface area contributed by atoms with Crippen LogP contribution >= 0.6 is 11.8 Å². The minimum Gasteiger partial charge on any atom is -0.489 e. The van der Waals surface area contributed by atoms with Crippen LogP contribution in [0.5, 0.6) is 5.75 Å². The maximum Gasteiger partial charge on any atom is 0.124 e. The van der Waals surface area contributed by atoms with E-state index in [1.807, 2.05) is 11.8 Å². The van der Waals surface area contributed by atoms with Gasteiger partial charge in [0.05, 0.1) is 4.75 Å². The van der Waals surface area contributed by atoms with Crippen LogP contribution < -0.4 is 10.1 Å². The topological polar surface area (TPSA) is 21.3 Å². The lowest BCUT2D eigenvalue weighted by Gasteiger charge is -2.49. The van der Waals surface area contributed by atoms with Crippen molar-refractivity contribution in [3.8, 4) is 5.75 Å². The van der Waals surface area contributed by atoms with Gasteiger partial charge in [-0.25, -0.2) is 0 Å². The third-order valence-electron chi connectivity index (χ3n) is 4.56. The largest absolute Gasteiger partial charge is 0.489 e. The van der Waals surface area contributed by atoms with Crippen LogP contribution in [-0.2, 0) is 0 Å². The lowest BCUT2D eigenvalue weighted by Crippen LogP contribution is -2.51. The highest BCUT2D eigenvalue weighted by Gasteiger charge is 2.47. The molecule has 1 fully saturated rings. The van der Waals surface area contributed by atoms with Gasteiger partial charge in [0.25, 0.3) is 0 Å². The zero-order valence-corrected chi connectivity index (χ0v) is 11.9. The number of rotatable bonds is 3. The number of thioether (sulfide) groups is 1. The van der Waals surface area contributed by atoms with E-state index >= 15 is 0 Å². The molecule has 1 aliphatic carbocycles. The summed E-state index contributed by atoms with van der Waals surface area (Å²) in [5.74, 6) is 1.08. The molecule has 0 saturated heterocycles. The fourth-order valence-corrected chi connectivity index (χ4v) is 4.30. The molecule has 3 heteroatoms. The van der Waals surface area contributed by atoms with Gasteiger partial charge in [-0.3, -0.25) is 0 Å².